The number of anilines is 1. The van der Waals surface area contributed by atoms with Crippen LogP contribution in [0.1, 0.15) is 10.5 Å². The Bertz CT molecular complexity index is 343. The normalized spacial score (nSPS) is 9.83. The Morgan fingerprint density at radius 2 is 2.33 bits per heavy atom. The van der Waals surface area contributed by atoms with Crippen molar-refractivity contribution in [2.24, 2.45) is 0 Å². The van der Waals surface area contributed by atoms with E-state index in [2.05, 4.69) is 4.98 Å². The van der Waals surface area contributed by atoms with Crippen LogP contribution in [-0.4, -0.2) is 16.1 Å². The quantitative estimate of drug-likeness (QED) is 0.652. The number of halogens is 2. The van der Waals surface area contributed by atoms with Gasteiger partial charge in [-0.3, -0.25) is 0 Å². The summed E-state index contributed by atoms with van der Waals surface area (Å²) in [5, 5.41) is 7.96. The number of nitrogen functional groups attached to an aromatic ring is 1. The minimum absolute atomic E-state index is 0.246. The van der Waals surface area contributed by atoms with Crippen molar-refractivity contribution in [1.29, 1.82) is 0 Å². The highest BCUT2D eigenvalue weighted by atomic mass is 35.5. The molecule has 0 saturated carbocycles. The van der Waals surface area contributed by atoms with Gasteiger partial charge in [0.25, 0.3) is 0 Å². The molecule has 0 fully saturated rings. The number of aromatic nitrogens is 1. The highest BCUT2D eigenvalue weighted by Crippen LogP contribution is 2.17. The van der Waals surface area contributed by atoms with Crippen LogP contribution in [0.5, 0.6) is 0 Å². The minimum Gasteiger partial charge on any atom is -0.476 e. The summed E-state index contributed by atoms with van der Waals surface area (Å²) in [4.78, 5) is 13.6. The van der Waals surface area contributed by atoms with Gasteiger partial charge in [-0.05, 0) is 0 Å². The summed E-state index contributed by atoms with van der Waals surface area (Å²) in [7, 11) is 0. The molecule has 1 aromatic rings. The number of hydrogen-bond donors (Lipinski definition) is 2. The van der Waals surface area contributed by atoms with E-state index in [4.69, 9.17) is 22.4 Å². The van der Waals surface area contributed by atoms with Gasteiger partial charge in [0.1, 0.15) is 0 Å². The molecule has 0 aliphatic carbocycles. The van der Waals surface area contributed by atoms with Gasteiger partial charge in [0.2, 0.25) is 0 Å². The van der Waals surface area contributed by atoms with Crippen LogP contribution < -0.4 is 5.73 Å². The van der Waals surface area contributed by atoms with E-state index in [-0.39, 0.29) is 5.69 Å². The predicted octanol–water partition coefficient (Wildman–Crippen LogP) is 1.15. The average Bonchev–Trinajstić information content (AvgIpc) is 1.96. The minimum atomic E-state index is -1.34. The molecule has 0 spiro atoms. The monoisotopic (exact) mass is 190 g/mol. The van der Waals surface area contributed by atoms with Gasteiger partial charge in [-0.2, -0.15) is 0 Å². The first-order chi connectivity index (χ1) is 5.52. The zero-order valence-electron chi connectivity index (χ0n) is 5.71. The van der Waals surface area contributed by atoms with Gasteiger partial charge in [-0.15, -0.1) is 0 Å². The summed E-state index contributed by atoms with van der Waals surface area (Å²) in [6.45, 7) is 0. The van der Waals surface area contributed by atoms with Crippen molar-refractivity contribution >= 4 is 23.3 Å². The fraction of sp³-hybridized carbons (Fsp3) is 0. The number of rotatable bonds is 1. The van der Waals surface area contributed by atoms with E-state index >= 15 is 0 Å². The molecule has 0 atom stereocenters. The summed E-state index contributed by atoms with van der Waals surface area (Å²) < 4.78 is 12.6. The Kier molecular flexibility index (Phi) is 2.14. The zero-order valence-corrected chi connectivity index (χ0v) is 6.47. The number of nitrogens with two attached hydrogens (primary N) is 1. The Labute approximate surface area is 71.8 Å². The number of carboxylic acid groups (broad SMARTS) is 1. The molecule has 0 aromatic carbocycles. The smallest absolute Gasteiger partial charge is 0.356 e. The van der Waals surface area contributed by atoms with Crippen LogP contribution in [0, 0.1) is 5.82 Å². The maximum Gasteiger partial charge on any atom is 0.356 e. The van der Waals surface area contributed by atoms with E-state index in [9.17, 15) is 9.18 Å². The summed E-state index contributed by atoms with van der Waals surface area (Å²) in [6, 6.07) is 0.818. The third-order valence-corrected chi connectivity index (χ3v) is 1.43. The van der Waals surface area contributed by atoms with Crippen LogP contribution in [0.15, 0.2) is 6.07 Å². The van der Waals surface area contributed by atoms with Gasteiger partial charge in [-0.1, -0.05) is 11.6 Å². The largest absolute Gasteiger partial charge is 0.476 e. The number of carboxylic acids is 1. The Hall–Kier alpha value is -1.36. The molecule has 0 radical (unpaired) electrons. The standard InChI is InChI=1S/C6H4ClFN2O2/c7-5-2(8)1-3(9)4(10-5)6(11)12/h1H,9H2,(H,11,12). The van der Waals surface area contributed by atoms with E-state index < -0.39 is 22.6 Å². The number of carbonyl (C=O) groups is 1. The predicted molar refractivity (Wildman–Crippen MR) is 40.6 cm³/mol. The number of aromatic carboxylic acids is 1. The molecular weight excluding hydrogens is 187 g/mol. The molecule has 12 heavy (non-hydrogen) atoms. The third-order valence-electron chi connectivity index (χ3n) is 1.17. The zero-order chi connectivity index (χ0) is 9.30. The van der Waals surface area contributed by atoms with Crippen molar-refractivity contribution < 1.29 is 14.3 Å². The highest BCUT2D eigenvalue weighted by Gasteiger charge is 2.13. The molecule has 0 saturated heterocycles. The molecule has 64 valence electrons. The first-order valence-electron chi connectivity index (χ1n) is 2.87. The van der Waals surface area contributed by atoms with Gasteiger partial charge in [0, 0.05) is 6.07 Å². The van der Waals surface area contributed by atoms with E-state index in [1.807, 2.05) is 0 Å². The van der Waals surface area contributed by atoms with Crippen molar-refractivity contribution in [2.45, 2.75) is 0 Å². The molecule has 0 unspecified atom stereocenters. The average molecular weight is 191 g/mol. The van der Waals surface area contributed by atoms with Crippen molar-refractivity contribution in [3.63, 3.8) is 0 Å². The van der Waals surface area contributed by atoms with Crippen LogP contribution in [0.3, 0.4) is 0 Å². The van der Waals surface area contributed by atoms with E-state index in [1.54, 1.807) is 0 Å². The second kappa shape index (κ2) is 2.94. The summed E-state index contributed by atoms with van der Waals surface area (Å²) in [6.07, 6.45) is 0. The van der Waals surface area contributed by atoms with Crippen LogP contribution in [0.2, 0.25) is 5.15 Å². The molecule has 1 rings (SSSR count). The second-order valence-electron chi connectivity index (χ2n) is 2.00. The Balaban J connectivity index is 3.33. The lowest BCUT2D eigenvalue weighted by Crippen LogP contribution is -2.06. The van der Waals surface area contributed by atoms with Gasteiger partial charge >= 0.3 is 5.97 Å². The number of hydrogen-bond acceptors (Lipinski definition) is 3. The fourth-order valence-electron chi connectivity index (χ4n) is 0.652. The summed E-state index contributed by atoms with van der Waals surface area (Å²) in [5.74, 6) is -2.17. The molecule has 0 aliphatic rings. The molecule has 0 amide bonds. The van der Waals surface area contributed by atoms with Crippen molar-refractivity contribution in [2.75, 3.05) is 5.73 Å². The Morgan fingerprint density at radius 1 is 1.75 bits per heavy atom. The van der Waals surface area contributed by atoms with E-state index in [0.717, 1.165) is 6.07 Å². The third kappa shape index (κ3) is 1.45. The molecule has 1 heterocycles. The van der Waals surface area contributed by atoms with E-state index in [1.165, 1.54) is 0 Å². The first-order valence-corrected chi connectivity index (χ1v) is 3.25. The summed E-state index contributed by atoms with van der Waals surface area (Å²) in [5.41, 5.74) is 4.46. The lowest BCUT2D eigenvalue weighted by atomic mass is 10.3. The van der Waals surface area contributed by atoms with Gasteiger partial charge in [-0.25, -0.2) is 14.2 Å². The maximum absolute atomic E-state index is 12.6. The topological polar surface area (TPSA) is 76.2 Å². The van der Waals surface area contributed by atoms with Crippen molar-refractivity contribution in [3.05, 3.63) is 22.7 Å². The molecule has 4 nitrogen and oxygen atoms in total. The fourth-order valence-corrected chi connectivity index (χ4v) is 0.791. The second-order valence-corrected chi connectivity index (χ2v) is 2.36. The maximum atomic E-state index is 12.6. The lowest BCUT2D eigenvalue weighted by molar-refractivity contribution is 0.0691. The van der Waals surface area contributed by atoms with Crippen molar-refractivity contribution in [3.8, 4) is 0 Å². The van der Waals surface area contributed by atoms with Crippen molar-refractivity contribution in [1.82, 2.24) is 4.98 Å². The molecule has 0 bridgehead atoms. The number of pyridine rings is 1. The van der Waals surface area contributed by atoms with Crippen LogP contribution in [0.4, 0.5) is 10.1 Å². The highest BCUT2D eigenvalue weighted by molar-refractivity contribution is 6.29. The molecule has 3 N–H and O–H groups in total. The van der Waals surface area contributed by atoms with Crippen LogP contribution >= 0.6 is 11.6 Å². The van der Waals surface area contributed by atoms with Gasteiger partial charge in [0.15, 0.2) is 16.7 Å². The van der Waals surface area contributed by atoms with Crippen LogP contribution in [0.25, 0.3) is 0 Å². The van der Waals surface area contributed by atoms with Gasteiger partial charge in [0.05, 0.1) is 5.69 Å². The molecule has 0 aliphatic heterocycles. The van der Waals surface area contributed by atoms with Gasteiger partial charge < -0.3 is 10.8 Å². The Morgan fingerprint density at radius 3 is 2.83 bits per heavy atom. The number of nitrogens with zero attached hydrogens (tertiary/aromatic N) is 1. The SMILES string of the molecule is Nc1cc(F)c(Cl)nc1C(=O)O. The lowest BCUT2D eigenvalue weighted by Gasteiger charge is -2.00. The molecular formula is C6H4ClFN2O2. The molecule has 6 heteroatoms. The van der Waals surface area contributed by atoms with Crippen LogP contribution in [-0.2, 0) is 0 Å². The first kappa shape index (κ1) is 8.73. The summed E-state index contributed by atoms with van der Waals surface area (Å²) >= 11 is 5.22. The molecule has 1 aromatic heterocycles. The van der Waals surface area contributed by atoms with E-state index in [0.29, 0.717) is 0 Å².